The molecular formula is C19H17N5O2. The topological polar surface area (TPSA) is 97.0 Å². The Kier molecular flexibility index (Phi) is 3.76. The van der Waals surface area contributed by atoms with E-state index in [2.05, 4.69) is 25.7 Å². The number of fused-ring (bicyclic) bond motifs is 1. The van der Waals surface area contributed by atoms with Crippen molar-refractivity contribution < 1.29 is 9.63 Å². The van der Waals surface area contributed by atoms with Crippen LogP contribution in [0.1, 0.15) is 17.0 Å². The lowest BCUT2D eigenvalue weighted by Gasteiger charge is -2.09. The van der Waals surface area contributed by atoms with E-state index in [0.717, 1.165) is 33.7 Å². The van der Waals surface area contributed by atoms with Gasteiger partial charge in [-0.05, 0) is 56.2 Å². The maximum Gasteiger partial charge on any atom is 0.247 e. The summed E-state index contributed by atoms with van der Waals surface area (Å²) in [6.45, 7) is 5.77. The molecule has 0 aliphatic heterocycles. The molecule has 7 heteroatoms. The van der Waals surface area contributed by atoms with Crippen LogP contribution in [0.25, 0.3) is 22.2 Å². The Morgan fingerprint density at radius 2 is 1.85 bits per heavy atom. The van der Waals surface area contributed by atoms with Gasteiger partial charge >= 0.3 is 0 Å². The van der Waals surface area contributed by atoms with E-state index in [9.17, 15) is 5.11 Å². The first-order chi connectivity index (χ1) is 12.5. The van der Waals surface area contributed by atoms with E-state index in [4.69, 9.17) is 4.52 Å². The van der Waals surface area contributed by atoms with Crippen LogP contribution in [-0.4, -0.2) is 25.4 Å². The summed E-state index contributed by atoms with van der Waals surface area (Å²) < 4.78 is 5.26. The van der Waals surface area contributed by atoms with Crippen LogP contribution in [0.2, 0.25) is 0 Å². The van der Waals surface area contributed by atoms with Gasteiger partial charge in [-0.1, -0.05) is 17.3 Å². The van der Waals surface area contributed by atoms with Crippen molar-refractivity contribution in [3.8, 4) is 16.9 Å². The molecule has 0 amide bonds. The van der Waals surface area contributed by atoms with Gasteiger partial charge in [0.1, 0.15) is 17.0 Å². The number of phenolic OH excluding ortho intramolecular Hbond substituents is 1. The largest absolute Gasteiger partial charge is 0.506 e. The summed E-state index contributed by atoms with van der Waals surface area (Å²) in [4.78, 5) is 4.54. The molecule has 0 bridgehead atoms. The minimum absolute atomic E-state index is 0.127. The van der Waals surface area contributed by atoms with Crippen LogP contribution in [-0.2, 0) is 0 Å². The van der Waals surface area contributed by atoms with E-state index in [-0.39, 0.29) is 5.75 Å². The average Bonchev–Trinajstić information content (AvgIpc) is 2.96. The zero-order chi connectivity index (χ0) is 18.3. The third-order valence-corrected chi connectivity index (χ3v) is 4.22. The van der Waals surface area contributed by atoms with Gasteiger partial charge < -0.3 is 14.9 Å². The maximum atomic E-state index is 9.88. The molecular weight excluding hydrogens is 330 g/mol. The predicted molar refractivity (Wildman–Crippen MR) is 98.4 cm³/mol. The summed E-state index contributed by atoms with van der Waals surface area (Å²) in [5, 5.41) is 25.3. The van der Waals surface area contributed by atoms with Gasteiger partial charge in [-0.25, -0.2) is 4.98 Å². The third kappa shape index (κ3) is 2.73. The Labute approximate surface area is 149 Å². The van der Waals surface area contributed by atoms with Crippen molar-refractivity contribution in [3.63, 3.8) is 0 Å². The average molecular weight is 347 g/mol. The second-order valence-corrected chi connectivity index (χ2v) is 6.14. The maximum absolute atomic E-state index is 9.88. The van der Waals surface area contributed by atoms with E-state index in [1.807, 2.05) is 39.0 Å². The van der Waals surface area contributed by atoms with Crippen LogP contribution >= 0.6 is 0 Å². The van der Waals surface area contributed by atoms with Crippen molar-refractivity contribution in [2.45, 2.75) is 20.8 Å². The molecule has 0 saturated heterocycles. The van der Waals surface area contributed by atoms with Crippen molar-refractivity contribution in [1.82, 2.24) is 20.3 Å². The molecule has 0 aliphatic rings. The van der Waals surface area contributed by atoms with E-state index >= 15 is 0 Å². The number of hydrogen-bond donors (Lipinski definition) is 2. The SMILES string of the molecule is Cc1noc(C)c1-c1cc(C)c2nc(Nc3ccccc3O)nnc2c1. The predicted octanol–water partition coefficient (Wildman–Crippen LogP) is 4.05. The monoisotopic (exact) mass is 347 g/mol. The van der Waals surface area contributed by atoms with Crippen molar-refractivity contribution >= 4 is 22.7 Å². The molecule has 0 fully saturated rings. The Morgan fingerprint density at radius 3 is 2.58 bits per heavy atom. The highest BCUT2D eigenvalue weighted by atomic mass is 16.5. The normalized spacial score (nSPS) is 11.0. The zero-order valence-corrected chi connectivity index (χ0v) is 14.6. The number of aryl methyl sites for hydroxylation is 3. The second-order valence-electron chi connectivity index (χ2n) is 6.14. The number of phenols is 1. The molecule has 4 rings (SSSR count). The molecule has 2 heterocycles. The lowest BCUT2D eigenvalue weighted by atomic mass is 10.0. The number of para-hydroxylation sites is 2. The van der Waals surface area contributed by atoms with Crippen LogP contribution in [0, 0.1) is 20.8 Å². The summed E-state index contributed by atoms with van der Waals surface area (Å²) in [6, 6.07) is 10.9. The number of anilines is 2. The number of nitrogens with one attached hydrogen (secondary N) is 1. The molecule has 0 atom stereocenters. The summed E-state index contributed by atoms with van der Waals surface area (Å²) in [5.41, 5.74) is 5.69. The van der Waals surface area contributed by atoms with E-state index in [1.54, 1.807) is 18.2 Å². The second kappa shape index (κ2) is 6.11. The van der Waals surface area contributed by atoms with Crippen molar-refractivity contribution in [2.75, 3.05) is 5.32 Å². The molecule has 0 spiro atoms. The number of nitrogens with zero attached hydrogens (tertiary/aromatic N) is 4. The van der Waals surface area contributed by atoms with Gasteiger partial charge in [0, 0.05) is 5.56 Å². The molecule has 0 unspecified atom stereocenters. The fourth-order valence-corrected chi connectivity index (χ4v) is 3.00. The van der Waals surface area contributed by atoms with Crippen molar-refractivity contribution in [2.24, 2.45) is 0 Å². The number of aromatic nitrogens is 4. The number of benzene rings is 2. The molecule has 130 valence electrons. The molecule has 0 radical (unpaired) electrons. The van der Waals surface area contributed by atoms with Gasteiger partial charge in [-0.3, -0.25) is 0 Å². The van der Waals surface area contributed by atoms with Crippen LogP contribution in [0.15, 0.2) is 40.9 Å². The highest BCUT2D eigenvalue weighted by Gasteiger charge is 2.15. The molecule has 4 aromatic rings. The Bertz CT molecular complexity index is 1100. The van der Waals surface area contributed by atoms with E-state index < -0.39 is 0 Å². The van der Waals surface area contributed by atoms with Gasteiger partial charge in [0.05, 0.1) is 16.9 Å². The molecule has 2 aromatic carbocycles. The summed E-state index contributed by atoms with van der Waals surface area (Å²) in [5.74, 6) is 1.22. The summed E-state index contributed by atoms with van der Waals surface area (Å²) >= 11 is 0. The first-order valence-electron chi connectivity index (χ1n) is 8.16. The molecule has 0 saturated carbocycles. The Morgan fingerprint density at radius 1 is 1.04 bits per heavy atom. The van der Waals surface area contributed by atoms with Crippen LogP contribution in [0.5, 0.6) is 5.75 Å². The summed E-state index contributed by atoms with van der Waals surface area (Å²) in [6.07, 6.45) is 0. The lowest BCUT2D eigenvalue weighted by Crippen LogP contribution is -2.01. The number of hydrogen-bond acceptors (Lipinski definition) is 7. The van der Waals surface area contributed by atoms with Crippen LogP contribution in [0.4, 0.5) is 11.6 Å². The Hall–Kier alpha value is -3.48. The van der Waals surface area contributed by atoms with Crippen molar-refractivity contribution in [3.05, 3.63) is 53.4 Å². The summed E-state index contributed by atoms with van der Waals surface area (Å²) in [7, 11) is 0. The molecule has 26 heavy (non-hydrogen) atoms. The minimum Gasteiger partial charge on any atom is -0.506 e. The van der Waals surface area contributed by atoms with E-state index in [0.29, 0.717) is 17.2 Å². The molecule has 0 aliphatic carbocycles. The first kappa shape index (κ1) is 16.0. The quantitative estimate of drug-likeness (QED) is 0.539. The van der Waals surface area contributed by atoms with Gasteiger partial charge in [0.15, 0.2) is 0 Å². The fourth-order valence-electron chi connectivity index (χ4n) is 3.00. The zero-order valence-electron chi connectivity index (χ0n) is 14.6. The lowest BCUT2D eigenvalue weighted by molar-refractivity contribution is 0.393. The number of rotatable bonds is 3. The molecule has 7 nitrogen and oxygen atoms in total. The third-order valence-electron chi connectivity index (χ3n) is 4.22. The highest BCUT2D eigenvalue weighted by molar-refractivity contribution is 5.85. The van der Waals surface area contributed by atoms with Gasteiger partial charge in [0.2, 0.25) is 5.95 Å². The highest BCUT2D eigenvalue weighted by Crippen LogP contribution is 2.31. The van der Waals surface area contributed by atoms with E-state index in [1.165, 1.54) is 0 Å². The Balaban J connectivity index is 1.77. The first-order valence-corrected chi connectivity index (χ1v) is 8.16. The van der Waals surface area contributed by atoms with Crippen LogP contribution in [0.3, 0.4) is 0 Å². The fraction of sp³-hybridized carbons (Fsp3) is 0.158. The van der Waals surface area contributed by atoms with Gasteiger partial charge in [-0.15, -0.1) is 10.2 Å². The molecule has 2 aromatic heterocycles. The molecule has 2 N–H and O–H groups in total. The van der Waals surface area contributed by atoms with Crippen molar-refractivity contribution in [1.29, 1.82) is 0 Å². The number of aromatic hydroxyl groups is 1. The smallest absolute Gasteiger partial charge is 0.247 e. The minimum atomic E-state index is 0.127. The standard InChI is InChI=1S/C19H17N5O2/c1-10-8-13(17-11(2)24-26-12(17)3)9-15-18(10)21-19(23-22-15)20-14-6-4-5-7-16(14)25/h4-9,25H,1-3H3,(H,20,21,23). The van der Waals surface area contributed by atoms with Gasteiger partial charge in [0.25, 0.3) is 0 Å². The van der Waals surface area contributed by atoms with Gasteiger partial charge in [-0.2, -0.15) is 0 Å². The van der Waals surface area contributed by atoms with Crippen LogP contribution < -0.4 is 5.32 Å².